The van der Waals surface area contributed by atoms with Gasteiger partial charge in [-0.15, -0.1) is 0 Å². The third-order valence-electron chi connectivity index (χ3n) is 2.96. The van der Waals surface area contributed by atoms with Crippen molar-refractivity contribution in [3.63, 3.8) is 0 Å². The fraction of sp³-hybridized carbons (Fsp3) is 0.500. The summed E-state index contributed by atoms with van der Waals surface area (Å²) >= 11 is 0. The van der Waals surface area contributed by atoms with Crippen molar-refractivity contribution in [2.75, 3.05) is 19.7 Å². The predicted octanol–water partition coefficient (Wildman–Crippen LogP) is 2.20. The smallest absolute Gasteiger partial charge is 0.323 e. The van der Waals surface area contributed by atoms with Gasteiger partial charge in [-0.25, -0.2) is 0 Å². The lowest BCUT2D eigenvalue weighted by molar-refractivity contribution is -0.145. The Bertz CT molecular complexity index is 468. The maximum absolute atomic E-state index is 12.0. The Morgan fingerprint density at radius 2 is 1.86 bits per heavy atom. The zero-order chi connectivity index (χ0) is 15.8. The molecule has 5 nitrogen and oxygen atoms in total. The summed E-state index contributed by atoms with van der Waals surface area (Å²) in [6.07, 6.45) is 0.944. The molecule has 21 heavy (non-hydrogen) atoms. The fourth-order valence-electron chi connectivity index (χ4n) is 1.92. The average Bonchev–Trinajstić information content (AvgIpc) is 2.43. The predicted molar refractivity (Wildman–Crippen MR) is 80.4 cm³/mol. The van der Waals surface area contributed by atoms with Gasteiger partial charge in [-0.05, 0) is 30.0 Å². The minimum absolute atomic E-state index is 0.147. The number of carboxylic acids is 1. The van der Waals surface area contributed by atoms with Crippen molar-refractivity contribution < 1.29 is 19.4 Å². The lowest BCUT2D eigenvalue weighted by Crippen LogP contribution is -2.40. The van der Waals surface area contributed by atoms with Crippen molar-refractivity contribution in [1.29, 1.82) is 0 Å². The van der Waals surface area contributed by atoms with Crippen LogP contribution >= 0.6 is 0 Å². The molecule has 0 unspecified atom stereocenters. The first kappa shape index (κ1) is 17.0. The van der Waals surface area contributed by atoms with E-state index < -0.39 is 5.97 Å². The topological polar surface area (TPSA) is 66.8 Å². The summed E-state index contributed by atoms with van der Waals surface area (Å²) in [5, 5.41) is 8.85. The van der Waals surface area contributed by atoms with E-state index in [4.69, 9.17) is 9.84 Å². The molecule has 0 atom stereocenters. The fourth-order valence-corrected chi connectivity index (χ4v) is 1.92. The standard InChI is InChI=1S/C16H23NO4/c1-4-13-5-7-14(8-6-13)21-11-15(18)17(9-12(2)3)10-16(19)20/h5-8,12H,4,9-11H2,1-3H3,(H,19,20). The van der Waals surface area contributed by atoms with Crippen molar-refractivity contribution in [2.24, 2.45) is 5.92 Å². The summed E-state index contributed by atoms with van der Waals surface area (Å²) in [6, 6.07) is 7.53. The lowest BCUT2D eigenvalue weighted by Gasteiger charge is -2.22. The quantitative estimate of drug-likeness (QED) is 0.798. The minimum atomic E-state index is -1.02. The first-order valence-electron chi connectivity index (χ1n) is 7.13. The number of nitrogens with zero attached hydrogens (tertiary/aromatic N) is 1. The molecule has 1 amide bonds. The highest BCUT2D eigenvalue weighted by atomic mass is 16.5. The lowest BCUT2D eigenvalue weighted by atomic mass is 10.2. The molecule has 0 bridgehead atoms. The van der Waals surface area contributed by atoms with Crippen molar-refractivity contribution in [3.8, 4) is 5.75 Å². The molecule has 0 aliphatic heterocycles. The van der Waals surface area contributed by atoms with E-state index in [9.17, 15) is 9.59 Å². The maximum atomic E-state index is 12.0. The number of hydrogen-bond acceptors (Lipinski definition) is 3. The molecule has 0 aliphatic rings. The third-order valence-corrected chi connectivity index (χ3v) is 2.96. The van der Waals surface area contributed by atoms with Crippen LogP contribution < -0.4 is 4.74 Å². The van der Waals surface area contributed by atoms with Crippen LogP contribution in [0.15, 0.2) is 24.3 Å². The molecular weight excluding hydrogens is 270 g/mol. The zero-order valence-electron chi connectivity index (χ0n) is 12.8. The Hall–Kier alpha value is -2.04. The average molecular weight is 293 g/mol. The monoisotopic (exact) mass is 293 g/mol. The van der Waals surface area contributed by atoms with Crippen LogP contribution in [-0.2, 0) is 16.0 Å². The Kier molecular flexibility index (Phi) is 6.72. The van der Waals surface area contributed by atoms with Gasteiger partial charge in [0.1, 0.15) is 12.3 Å². The highest BCUT2D eigenvalue weighted by Crippen LogP contribution is 2.12. The van der Waals surface area contributed by atoms with E-state index in [1.54, 1.807) is 0 Å². The zero-order valence-corrected chi connectivity index (χ0v) is 12.8. The second-order valence-corrected chi connectivity index (χ2v) is 5.35. The number of carbonyl (C=O) groups is 2. The number of carbonyl (C=O) groups excluding carboxylic acids is 1. The maximum Gasteiger partial charge on any atom is 0.323 e. The van der Waals surface area contributed by atoms with Crippen molar-refractivity contribution in [1.82, 2.24) is 4.90 Å². The van der Waals surface area contributed by atoms with Crippen LogP contribution in [-0.4, -0.2) is 41.6 Å². The molecule has 5 heteroatoms. The molecule has 1 aromatic carbocycles. The van der Waals surface area contributed by atoms with Crippen LogP contribution in [0.2, 0.25) is 0 Å². The van der Waals surface area contributed by atoms with Crippen molar-refractivity contribution in [3.05, 3.63) is 29.8 Å². The first-order valence-corrected chi connectivity index (χ1v) is 7.13. The van der Waals surface area contributed by atoms with Crippen LogP contribution in [0.3, 0.4) is 0 Å². The van der Waals surface area contributed by atoms with Gasteiger partial charge in [-0.1, -0.05) is 32.9 Å². The Morgan fingerprint density at radius 3 is 2.33 bits per heavy atom. The van der Waals surface area contributed by atoms with Gasteiger partial charge in [0.05, 0.1) is 0 Å². The molecule has 0 radical (unpaired) electrons. The third kappa shape index (κ3) is 6.29. The summed E-state index contributed by atoms with van der Waals surface area (Å²) in [6.45, 7) is 5.90. The first-order chi connectivity index (χ1) is 9.92. The SMILES string of the molecule is CCc1ccc(OCC(=O)N(CC(=O)O)CC(C)C)cc1. The number of carboxylic acid groups (broad SMARTS) is 1. The van der Waals surface area contributed by atoms with Crippen LogP contribution in [0.4, 0.5) is 0 Å². The number of ether oxygens (including phenoxy) is 1. The highest BCUT2D eigenvalue weighted by molar-refractivity contribution is 5.82. The van der Waals surface area contributed by atoms with Gasteiger partial charge in [0.25, 0.3) is 5.91 Å². The van der Waals surface area contributed by atoms with Crippen molar-refractivity contribution >= 4 is 11.9 Å². The number of hydrogen-bond donors (Lipinski definition) is 1. The second-order valence-electron chi connectivity index (χ2n) is 5.35. The minimum Gasteiger partial charge on any atom is -0.484 e. The van der Waals surface area contributed by atoms with E-state index in [-0.39, 0.29) is 25.0 Å². The molecule has 1 rings (SSSR count). The molecule has 0 aromatic heterocycles. The highest BCUT2D eigenvalue weighted by Gasteiger charge is 2.18. The molecule has 0 fully saturated rings. The largest absolute Gasteiger partial charge is 0.484 e. The van der Waals surface area contributed by atoms with Crippen LogP contribution in [0.25, 0.3) is 0 Å². The van der Waals surface area contributed by atoms with Gasteiger partial charge < -0.3 is 14.7 Å². The Labute approximate surface area is 125 Å². The molecule has 0 heterocycles. The van der Waals surface area contributed by atoms with E-state index in [1.807, 2.05) is 38.1 Å². The Morgan fingerprint density at radius 1 is 1.24 bits per heavy atom. The normalized spacial score (nSPS) is 10.5. The molecule has 116 valence electrons. The van der Waals surface area contributed by atoms with Gasteiger partial charge in [-0.3, -0.25) is 9.59 Å². The van der Waals surface area contributed by atoms with Gasteiger partial charge in [-0.2, -0.15) is 0 Å². The number of aryl methyl sites for hydroxylation is 1. The molecule has 0 aliphatic carbocycles. The van der Waals surface area contributed by atoms with Crippen molar-refractivity contribution in [2.45, 2.75) is 27.2 Å². The summed E-state index contributed by atoms with van der Waals surface area (Å²) in [7, 11) is 0. The summed E-state index contributed by atoms with van der Waals surface area (Å²) in [4.78, 5) is 24.2. The van der Waals surface area contributed by atoms with E-state index in [1.165, 1.54) is 10.5 Å². The van der Waals surface area contributed by atoms with E-state index in [0.717, 1.165) is 6.42 Å². The van der Waals surface area contributed by atoms with E-state index >= 15 is 0 Å². The van der Waals surface area contributed by atoms with Crippen LogP contribution in [0.5, 0.6) is 5.75 Å². The summed E-state index contributed by atoms with van der Waals surface area (Å²) in [5.74, 6) is -0.514. The summed E-state index contributed by atoms with van der Waals surface area (Å²) in [5.41, 5.74) is 1.20. The van der Waals surface area contributed by atoms with Crippen LogP contribution in [0, 0.1) is 5.92 Å². The molecule has 1 N–H and O–H groups in total. The van der Waals surface area contributed by atoms with Crippen LogP contribution in [0.1, 0.15) is 26.3 Å². The van der Waals surface area contributed by atoms with Gasteiger partial charge in [0.15, 0.2) is 6.61 Å². The molecule has 0 spiro atoms. The van der Waals surface area contributed by atoms with Gasteiger partial charge >= 0.3 is 5.97 Å². The number of rotatable bonds is 8. The molecule has 0 saturated heterocycles. The Balaban J connectivity index is 2.57. The number of aliphatic carboxylic acids is 1. The molecule has 0 saturated carbocycles. The van der Waals surface area contributed by atoms with E-state index in [2.05, 4.69) is 6.92 Å². The van der Waals surface area contributed by atoms with Gasteiger partial charge in [0.2, 0.25) is 0 Å². The molecule has 1 aromatic rings. The van der Waals surface area contributed by atoms with Gasteiger partial charge in [0, 0.05) is 6.54 Å². The second kappa shape index (κ2) is 8.29. The number of benzene rings is 1. The molecular formula is C16H23NO4. The summed E-state index contributed by atoms with van der Waals surface area (Å²) < 4.78 is 5.43. The number of amides is 1. The van der Waals surface area contributed by atoms with E-state index in [0.29, 0.717) is 12.3 Å².